The topological polar surface area (TPSA) is 196 Å². The number of allylic oxidation sites excluding steroid dienone is 1. The SMILES string of the molecule is CC(=O)NCC1=CC2C(C(=O)C1=O)C(c1ccc(CS(=O)(=O)N3C=C(c4ccccc4)C4C(=O)C(=O)C(C#N)=CC43)cc1)=CN2S(=O)(=O)c1ccccc1. The van der Waals surface area contributed by atoms with Gasteiger partial charge in [-0.05, 0) is 46.0 Å². The molecule has 0 radical (unpaired) electrons. The van der Waals surface area contributed by atoms with Crippen LogP contribution in [0.5, 0.6) is 0 Å². The summed E-state index contributed by atoms with van der Waals surface area (Å²) in [6.45, 7) is 0.982. The van der Waals surface area contributed by atoms with Crippen molar-refractivity contribution in [2.75, 3.05) is 6.54 Å². The van der Waals surface area contributed by atoms with Gasteiger partial charge in [-0.2, -0.15) is 5.26 Å². The number of hydrogen-bond acceptors (Lipinski definition) is 10. The monoisotopic (exact) mass is 762 g/mol. The molecule has 3 aromatic carbocycles. The molecule has 1 N–H and O–H groups in total. The number of sulfonamides is 2. The number of hydrogen-bond donors (Lipinski definition) is 1. The molecule has 7 rings (SSSR count). The van der Waals surface area contributed by atoms with Crippen molar-refractivity contribution in [2.45, 2.75) is 29.7 Å². The Morgan fingerprint density at radius 1 is 0.722 bits per heavy atom. The normalized spacial score (nSPS) is 22.4. The first-order chi connectivity index (χ1) is 25.7. The Hall–Kier alpha value is -6.24. The molecular weight excluding hydrogens is 733 g/mol. The van der Waals surface area contributed by atoms with Crippen LogP contribution in [0.2, 0.25) is 0 Å². The Kier molecular flexibility index (Phi) is 9.12. The highest BCUT2D eigenvalue weighted by Gasteiger charge is 2.51. The van der Waals surface area contributed by atoms with Crippen molar-refractivity contribution in [3.8, 4) is 6.07 Å². The maximum Gasteiger partial charge on any atom is 0.264 e. The molecule has 2 aliphatic carbocycles. The summed E-state index contributed by atoms with van der Waals surface area (Å²) in [6.07, 6.45) is 5.21. The third-order valence-corrected chi connectivity index (χ3v) is 13.2. The van der Waals surface area contributed by atoms with E-state index in [-0.39, 0.29) is 22.6 Å². The Morgan fingerprint density at radius 3 is 1.85 bits per heavy atom. The number of nitriles is 1. The van der Waals surface area contributed by atoms with Gasteiger partial charge in [0.05, 0.1) is 34.6 Å². The third kappa shape index (κ3) is 6.18. The van der Waals surface area contributed by atoms with Crippen molar-refractivity contribution >= 4 is 60.2 Å². The van der Waals surface area contributed by atoms with Gasteiger partial charge >= 0.3 is 0 Å². The number of fused-ring (bicyclic) bond motifs is 2. The number of nitrogens with zero attached hydrogens (tertiary/aromatic N) is 3. The van der Waals surface area contributed by atoms with Crippen LogP contribution in [0.15, 0.2) is 126 Å². The quantitative estimate of drug-likeness (QED) is 0.317. The van der Waals surface area contributed by atoms with Gasteiger partial charge in [0.15, 0.2) is 0 Å². The summed E-state index contributed by atoms with van der Waals surface area (Å²) in [7, 11) is -8.47. The van der Waals surface area contributed by atoms with Gasteiger partial charge in [-0.1, -0.05) is 78.9 Å². The third-order valence-electron chi connectivity index (χ3n) is 9.76. The predicted molar refractivity (Wildman–Crippen MR) is 194 cm³/mol. The molecule has 2 aliphatic heterocycles. The lowest BCUT2D eigenvalue weighted by molar-refractivity contribution is -0.136. The van der Waals surface area contributed by atoms with E-state index in [2.05, 4.69) is 5.32 Å². The molecule has 0 bridgehead atoms. The van der Waals surface area contributed by atoms with Gasteiger partial charge in [-0.3, -0.25) is 32.6 Å². The van der Waals surface area contributed by atoms with Crippen molar-refractivity contribution < 1.29 is 40.8 Å². The van der Waals surface area contributed by atoms with Crippen molar-refractivity contribution in [2.24, 2.45) is 11.8 Å². The molecule has 0 aromatic heterocycles. The van der Waals surface area contributed by atoms with E-state index in [9.17, 15) is 46.1 Å². The molecule has 0 saturated heterocycles. The van der Waals surface area contributed by atoms with Crippen LogP contribution in [0.3, 0.4) is 0 Å². The lowest BCUT2D eigenvalue weighted by Gasteiger charge is -2.30. The fourth-order valence-electron chi connectivity index (χ4n) is 7.18. The van der Waals surface area contributed by atoms with Gasteiger partial charge in [-0.15, -0.1) is 0 Å². The molecule has 0 saturated carbocycles. The average molecular weight is 763 g/mol. The lowest BCUT2D eigenvalue weighted by atomic mass is 9.79. The summed E-state index contributed by atoms with van der Waals surface area (Å²) in [5, 5.41) is 12.0. The van der Waals surface area contributed by atoms with Gasteiger partial charge in [0.25, 0.3) is 10.0 Å². The molecule has 3 aromatic rings. The second-order valence-electron chi connectivity index (χ2n) is 13.1. The standard InChI is InChI=1S/C39H30N4O9S2/c1-23(44)41-19-28-17-33-35(39(48)37(28)46)31(21-43(33)54(51,52)29-10-6-3-7-11-29)26-14-12-24(13-15-26)22-53(49,50)42-20-30(25-8-4-2-5-9-25)34-32(42)16-27(18-40)36(45)38(34)47/h2-17,20-21,32-35H,19,22H2,1H3,(H,41,44). The number of Topliss-reactive ketones (excluding diaryl/α,β-unsaturated/α-hetero) is 4. The summed E-state index contributed by atoms with van der Waals surface area (Å²) in [5.41, 5.74) is 1.27. The summed E-state index contributed by atoms with van der Waals surface area (Å²) in [4.78, 5) is 64.3. The second kappa shape index (κ2) is 13.6. The number of rotatable bonds is 9. The fourth-order valence-corrected chi connectivity index (χ4v) is 10.3. The number of carbonyl (C=O) groups is 5. The molecule has 4 atom stereocenters. The molecule has 0 spiro atoms. The zero-order chi connectivity index (χ0) is 38.5. The maximum atomic E-state index is 14.0. The molecule has 4 unspecified atom stereocenters. The number of amides is 1. The van der Waals surface area contributed by atoms with Crippen LogP contribution in [0.25, 0.3) is 11.1 Å². The van der Waals surface area contributed by atoms with E-state index < -0.39 is 84.3 Å². The zero-order valence-electron chi connectivity index (χ0n) is 28.4. The Labute approximate surface area is 310 Å². The molecule has 4 aliphatic rings. The minimum Gasteiger partial charge on any atom is -0.352 e. The van der Waals surface area contributed by atoms with E-state index in [0.29, 0.717) is 22.3 Å². The Morgan fingerprint density at radius 2 is 1.26 bits per heavy atom. The highest BCUT2D eigenvalue weighted by atomic mass is 32.2. The summed E-state index contributed by atoms with van der Waals surface area (Å²) in [6, 6.07) is 21.6. The maximum absolute atomic E-state index is 14.0. The molecule has 2 heterocycles. The Bertz CT molecular complexity index is 2540. The zero-order valence-corrected chi connectivity index (χ0v) is 30.1. The second-order valence-corrected chi connectivity index (χ2v) is 16.8. The van der Waals surface area contributed by atoms with Crippen molar-refractivity contribution in [3.05, 3.63) is 137 Å². The first-order valence-electron chi connectivity index (χ1n) is 16.6. The van der Waals surface area contributed by atoms with Crippen molar-refractivity contribution in [1.29, 1.82) is 5.26 Å². The predicted octanol–water partition coefficient (Wildman–Crippen LogP) is 2.70. The average Bonchev–Trinajstić information content (AvgIpc) is 3.75. The number of nitrogens with one attached hydrogen (secondary N) is 1. The summed E-state index contributed by atoms with van der Waals surface area (Å²) >= 11 is 0. The minimum atomic E-state index is -4.24. The molecular formula is C39H30N4O9S2. The smallest absolute Gasteiger partial charge is 0.264 e. The van der Waals surface area contributed by atoms with Crippen LogP contribution in [-0.2, 0) is 49.8 Å². The van der Waals surface area contributed by atoms with E-state index in [0.717, 1.165) is 8.61 Å². The summed E-state index contributed by atoms with van der Waals surface area (Å²) in [5.74, 6) is -6.94. The highest BCUT2D eigenvalue weighted by Crippen LogP contribution is 2.44. The molecule has 54 heavy (non-hydrogen) atoms. The molecule has 272 valence electrons. The number of ketones is 4. The molecule has 15 heteroatoms. The molecule has 0 fully saturated rings. The van der Waals surface area contributed by atoms with Crippen LogP contribution in [-0.4, -0.2) is 73.1 Å². The Balaban J connectivity index is 1.22. The number of carbonyl (C=O) groups excluding carboxylic acids is 5. The van der Waals surface area contributed by atoms with Crippen LogP contribution in [0, 0.1) is 23.2 Å². The van der Waals surface area contributed by atoms with Gasteiger partial charge < -0.3 is 5.32 Å². The molecule has 13 nitrogen and oxygen atoms in total. The highest BCUT2D eigenvalue weighted by molar-refractivity contribution is 7.89. The van der Waals surface area contributed by atoms with Crippen molar-refractivity contribution in [3.63, 3.8) is 0 Å². The van der Waals surface area contributed by atoms with Crippen LogP contribution in [0.1, 0.15) is 23.6 Å². The van der Waals surface area contributed by atoms with E-state index >= 15 is 0 Å². The van der Waals surface area contributed by atoms with E-state index in [1.165, 1.54) is 67.9 Å². The van der Waals surface area contributed by atoms with Crippen LogP contribution >= 0.6 is 0 Å². The van der Waals surface area contributed by atoms with Gasteiger partial charge in [0.2, 0.25) is 39.1 Å². The lowest BCUT2D eigenvalue weighted by Crippen LogP contribution is -2.45. The van der Waals surface area contributed by atoms with Gasteiger partial charge in [0, 0.05) is 31.4 Å². The van der Waals surface area contributed by atoms with Crippen LogP contribution < -0.4 is 5.32 Å². The summed E-state index contributed by atoms with van der Waals surface area (Å²) < 4.78 is 57.9. The number of benzene rings is 3. The minimum absolute atomic E-state index is 0.0441. The first-order valence-corrected chi connectivity index (χ1v) is 19.7. The van der Waals surface area contributed by atoms with Gasteiger partial charge in [0.1, 0.15) is 11.6 Å². The van der Waals surface area contributed by atoms with E-state index in [1.54, 1.807) is 54.6 Å². The van der Waals surface area contributed by atoms with Crippen molar-refractivity contribution in [1.82, 2.24) is 13.9 Å². The molecule has 1 amide bonds. The van der Waals surface area contributed by atoms with Crippen LogP contribution in [0.4, 0.5) is 0 Å². The largest absolute Gasteiger partial charge is 0.352 e. The first kappa shape index (κ1) is 36.1. The fraction of sp³-hybridized carbons (Fsp3) is 0.179. The van der Waals surface area contributed by atoms with Gasteiger partial charge in [-0.25, -0.2) is 16.8 Å². The van der Waals surface area contributed by atoms with E-state index in [4.69, 9.17) is 0 Å². The van der Waals surface area contributed by atoms with E-state index in [1.807, 2.05) is 0 Å².